The van der Waals surface area contributed by atoms with Crippen molar-refractivity contribution in [3.05, 3.63) is 35.4 Å². The second kappa shape index (κ2) is 4.20. The molecule has 4 nitrogen and oxygen atoms in total. The molecule has 17 heavy (non-hydrogen) atoms. The second-order valence-corrected chi connectivity index (χ2v) is 4.19. The van der Waals surface area contributed by atoms with Gasteiger partial charge in [0.15, 0.2) is 0 Å². The molecular formula is C13H14N2O2. The van der Waals surface area contributed by atoms with Gasteiger partial charge in [-0.2, -0.15) is 0 Å². The first-order valence-corrected chi connectivity index (χ1v) is 5.82. The molecule has 2 aliphatic rings. The summed E-state index contributed by atoms with van der Waals surface area (Å²) >= 11 is 0. The summed E-state index contributed by atoms with van der Waals surface area (Å²) in [7, 11) is 0. The molecule has 0 radical (unpaired) electrons. The minimum absolute atomic E-state index is 0.175. The van der Waals surface area contributed by atoms with Crippen molar-refractivity contribution in [3.8, 4) is 0 Å². The van der Waals surface area contributed by atoms with Gasteiger partial charge in [0.2, 0.25) is 11.8 Å². The molecule has 0 fully saturated rings. The van der Waals surface area contributed by atoms with Crippen molar-refractivity contribution in [1.82, 2.24) is 0 Å². The van der Waals surface area contributed by atoms with E-state index in [0.717, 1.165) is 36.0 Å². The van der Waals surface area contributed by atoms with Gasteiger partial charge >= 0.3 is 0 Å². The number of benzene rings is 1. The Morgan fingerprint density at radius 2 is 2.00 bits per heavy atom. The summed E-state index contributed by atoms with van der Waals surface area (Å²) in [5, 5.41) is 0. The molecule has 3 rings (SSSR count). The van der Waals surface area contributed by atoms with Gasteiger partial charge in [0.05, 0.1) is 13.1 Å². The number of ether oxygens (including phenoxy) is 2. The molecule has 88 valence electrons. The average molecular weight is 230 g/mol. The maximum atomic E-state index is 5.63. The first-order chi connectivity index (χ1) is 8.33. The minimum atomic E-state index is 0.175. The van der Waals surface area contributed by atoms with Gasteiger partial charge in [-0.05, 0) is 25.1 Å². The monoisotopic (exact) mass is 230 g/mol. The van der Waals surface area contributed by atoms with Gasteiger partial charge in [-0.3, -0.25) is 0 Å². The van der Waals surface area contributed by atoms with E-state index < -0.39 is 0 Å². The van der Waals surface area contributed by atoms with Crippen molar-refractivity contribution in [2.45, 2.75) is 13.0 Å². The van der Waals surface area contributed by atoms with Gasteiger partial charge in [-0.15, -0.1) is 0 Å². The van der Waals surface area contributed by atoms with Crippen molar-refractivity contribution >= 4 is 11.8 Å². The van der Waals surface area contributed by atoms with E-state index in [1.165, 1.54) is 0 Å². The van der Waals surface area contributed by atoms with Crippen LogP contribution in [-0.4, -0.2) is 37.6 Å². The van der Waals surface area contributed by atoms with Crippen molar-refractivity contribution in [3.63, 3.8) is 0 Å². The normalized spacial score (nSPS) is 22.8. The first kappa shape index (κ1) is 10.3. The molecule has 2 aliphatic heterocycles. The van der Waals surface area contributed by atoms with Gasteiger partial charge in [-0.25, -0.2) is 9.98 Å². The standard InChI is InChI=1S/C13H14N2O2/c1-9-8-15-13(17-9)11-4-2-3-10(7-11)12-14-5-6-16-12/h2-4,7,9H,5-6,8H2,1H3. The smallest absolute Gasteiger partial charge is 0.216 e. The minimum Gasteiger partial charge on any atom is -0.476 e. The van der Waals surface area contributed by atoms with Crippen LogP contribution in [0, 0.1) is 0 Å². The van der Waals surface area contributed by atoms with Crippen LogP contribution in [0.25, 0.3) is 0 Å². The van der Waals surface area contributed by atoms with Crippen molar-refractivity contribution in [2.75, 3.05) is 19.7 Å². The van der Waals surface area contributed by atoms with Crippen molar-refractivity contribution in [2.24, 2.45) is 9.98 Å². The summed E-state index contributed by atoms with van der Waals surface area (Å²) in [5.41, 5.74) is 1.98. The lowest BCUT2D eigenvalue weighted by molar-refractivity contribution is 0.246. The van der Waals surface area contributed by atoms with Crippen LogP contribution >= 0.6 is 0 Å². The van der Waals surface area contributed by atoms with Crippen molar-refractivity contribution < 1.29 is 9.47 Å². The summed E-state index contributed by atoms with van der Waals surface area (Å²) in [4.78, 5) is 8.67. The highest BCUT2D eigenvalue weighted by molar-refractivity contribution is 6.00. The quantitative estimate of drug-likeness (QED) is 0.775. The zero-order valence-electron chi connectivity index (χ0n) is 9.72. The molecule has 1 aromatic carbocycles. The van der Waals surface area contributed by atoms with Gasteiger partial charge in [-0.1, -0.05) is 6.07 Å². The average Bonchev–Trinajstić information content (AvgIpc) is 3.00. The Kier molecular flexibility index (Phi) is 2.55. The molecule has 1 atom stereocenters. The largest absolute Gasteiger partial charge is 0.476 e. The molecule has 1 unspecified atom stereocenters. The maximum absolute atomic E-state index is 5.63. The predicted molar refractivity (Wildman–Crippen MR) is 65.7 cm³/mol. The van der Waals surface area contributed by atoms with Crippen LogP contribution in [0.5, 0.6) is 0 Å². The third-order valence-electron chi connectivity index (χ3n) is 2.75. The fourth-order valence-electron chi connectivity index (χ4n) is 1.93. The molecule has 0 N–H and O–H groups in total. The second-order valence-electron chi connectivity index (χ2n) is 4.19. The molecule has 1 aromatic rings. The number of hydrogen-bond donors (Lipinski definition) is 0. The molecule has 0 saturated carbocycles. The first-order valence-electron chi connectivity index (χ1n) is 5.82. The van der Waals surface area contributed by atoms with Crippen LogP contribution in [0.1, 0.15) is 18.1 Å². The van der Waals surface area contributed by atoms with E-state index in [1.54, 1.807) is 0 Å². The van der Waals surface area contributed by atoms with Crippen molar-refractivity contribution in [1.29, 1.82) is 0 Å². The predicted octanol–water partition coefficient (Wildman–Crippen LogP) is 1.63. The lowest BCUT2D eigenvalue weighted by atomic mass is 10.1. The number of aliphatic imine (C=N–C) groups is 2. The highest BCUT2D eigenvalue weighted by Gasteiger charge is 2.18. The Morgan fingerprint density at radius 1 is 1.18 bits per heavy atom. The zero-order chi connectivity index (χ0) is 11.7. The van der Waals surface area contributed by atoms with E-state index in [-0.39, 0.29) is 6.10 Å². The summed E-state index contributed by atoms with van der Waals surface area (Å²) in [6.07, 6.45) is 0.175. The number of hydrogen-bond acceptors (Lipinski definition) is 4. The molecule has 0 aromatic heterocycles. The molecular weight excluding hydrogens is 216 g/mol. The Balaban J connectivity index is 1.89. The highest BCUT2D eigenvalue weighted by atomic mass is 16.5. The lowest BCUT2D eigenvalue weighted by Gasteiger charge is -2.07. The molecule has 0 aliphatic carbocycles. The summed E-state index contributed by atoms with van der Waals surface area (Å²) in [6, 6.07) is 7.98. The number of rotatable bonds is 2. The van der Waals surface area contributed by atoms with Crippen LogP contribution in [0.4, 0.5) is 0 Å². The molecule has 0 amide bonds. The van der Waals surface area contributed by atoms with Gasteiger partial charge < -0.3 is 9.47 Å². The van der Waals surface area contributed by atoms with E-state index in [0.29, 0.717) is 6.61 Å². The Labute approximate surface area is 100.0 Å². The fourth-order valence-corrected chi connectivity index (χ4v) is 1.93. The van der Waals surface area contributed by atoms with E-state index in [1.807, 2.05) is 31.2 Å². The highest BCUT2D eigenvalue weighted by Crippen LogP contribution is 2.15. The molecule has 4 heteroatoms. The van der Waals surface area contributed by atoms with Gasteiger partial charge in [0.1, 0.15) is 12.7 Å². The summed E-state index contributed by atoms with van der Waals surface area (Å²) < 4.78 is 11.1. The van der Waals surface area contributed by atoms with E-state index >= 15 is 0 Å². The zero-order valence-corrected chi connectivity index (χ0v) is 9.72. The fraction of sp³-hybridized carbons (Fsp3) is 0.385. The lowest BCUT2D eigenvalue weighted by Crippen LogP contribution is -2.09. The Hall–Kier alpha value is -1.84. The molecule has 0 bridgehead atoms. The van der Waals surface area contributed by atoms with Gasteiger partial charge in [0.25, 0.3) is 0 Å². The molecule has 2 heterocycles. The van der Waals surface area contributed by atoms with Crippen LogP contribution in [0.15, 0.2) is 34.3 Å². The Morgan fingerprint density at radius 3 is 2.65 bits per heavy atom. The van der Waals surface area contributed by atoms with Crippen LogP contribution < -0.4 is 0 Å². The van der Waals surface area contributed by atoms with Crippen LogP contribution in [0.2, 0.25) is 0 Å². The number of nitrogens with zero attached hydrogens (tertiary/aromatic N) is 2. The maximum Gasteiger partial charge on any atom is 0.216 e. The van der Waals surface area contributed by atoms with E-state index in [4.69, 9.17) is 9.47 Å². The summed E-state index contributed by atoms with van der Waals surface area (Å²) in [6.45, 7) is 4.17. The van der Waals surface area contributed by atoms with Crippen LogP contribution in [0.3, 0.4) is 0 Å². The molecule has 0 spiro atoms. The molecule has 0 saturated heterocycles. The topological polar surface area (TPSA) is 43.2 Å². The third-order valence-corrected chi connectivity index (χ3v) is 2.75. The van der Waals surface area contributed by atoms with E-state index in [9.17, 15) is 0 Å². The SMILES string of the molecule is CC1CN=C(c2cccc(C3=NCCO3)c2)O1. The third kappa shape index (κ3) is 2.02. The van der Waals surface area contributed by atoms with Crippen LogP contribution in [-0.2, 0) is 9.47 Å². The van der Waals surface area contributed by atoms with Gasteiger partial charge in [0, 0.05) is 11.1 Å². The Bertz CT molecular complexity index is 494. The van der Waals surface area contributed by atoms with E-state index in [2.05, 4.69) is 9.98 Å². The summed E-state index contributed by atoms with van der Waals surface area (Å²) in [5.74, 6) is 1.44.